The van der Waals surface area contributed by atoms with Crippen LogP contribution < -0.4 is 10.2 Å². The van der Waals surface area contributed by atoms with Crippen LogP contribution >= 0.6 is 11.8 Å². The van der Waals surface area contributed by atoms with Crippen LogP contribution in [-0.2, 0) is 9.53 Å². The Hall–Kier alpha value is -1.99. The number of benzene rings is 1. The van der Waals surface area contributed by atoms with Crippen molar-refractivity contribution < 1.29 is 9.53 Å². The number of carbonyl (C=O) groups is 1. The van der Waals surface area contributed by atoms with Crippen molar-refractivity contribution in [2.45, 2.75) is 37.2 Å². The summed E-state index contributed by atoms with van der Waals surface area (Å²) in [5, 5.41) is 3.63. The minimum Gasteiger partial charge on any atom is -0.378 e. The molecule has 0 saturated carbocycles. The number of ether oxygens (including phenoxy) is 1. The number of nitrogens with zero attached hydrogens (tertiary/aromatic N) is 3. The van der Waals surface area contributed by atoms with Gasteiger partial charge in [0.25, 0.3) is 0 Å². The second kappa shape index (κ2) is 8.60. The van der Waals surface area contributed by atoms with Crippen molar-refractivity contribution in [2.24, 2.45) is 0 Å². The molecular formula is C19H26N4O2S. The van der Waals surface area contributed by atoms with Crippen molar-refractivity contribution in [1.82, 2.24) is 9.55 Å². The van der Waals surface area contributed by atoms with Crippen LogP contribution in [0.15, 0.2) is 41.8 Å². The topological polar surface area (TPSA) is 59.4 Å². The lowest BCUT2D eigenvalue weighted by Crippen LogP contribution is -2.36. The molecule has 1 aliphatic heterocycles. The van der Waals surface area contributed by atoms with Gasteiger partial charge >= 0.3 is 0 Å². The highest BCUT2D eigenvalue weighted by Gasteiger charge is 2.18. The Balaban J connectivity index is 1.57. The summed E-state index contributed by atoms with van der Waals surface area (Å²) in [5.74, 6) is -0.0209. The monoisotopic (exact) mass is 374 g/mol. The first kappa shape index (κ1) is 18.8. The summed E-state index contributed by atoms with van der Waals surface area (Å²) in [4.78, 5) is 19.2. The lowest BCUT2D eigenvalue weighted by Gasteiger charge is -2.28. The van der Waals surface area contributed by atoms with E-state index in [2.05, 4.69) is 33.6 Å². The van der Waals surface area contributed by atoms with Crippen LogP contribution in [0.3, 0.4) is 0 Å². The molecule has 0 spiro atoms. The standard InChI is InChI=1S/C19H26N4O2S/c1-14(2)23-9-8-20-19(23)26-15(3)18(24)21-16-4-6-17(7-5-16)22-10-12-25-13-11-22/h4-9,14-15H,10-13H2,1-3H3,(H,21,24)/t15-/m0/s1. The number of aromatic nitrogens is 2. The van der Waals surface area contributed by atoms with Crippen LogP contribution in [0.2, 0.25) is 0 Å². The summed E-state index contributed by atoms with van der Waals surface area (Å²) < 4.78 is 7.46. The van der Waals surface area contributed by atoms with Gasteiger partial charge in [-0.05, 0) is 45.0 Å². The zero-order valence-corrected chi connectivity index (χ0v) is 16.3. The fourth-order valence-electron chi connectivity index (χ4n) is 2.82. The van der Waals surface area contributed by atoms with Gasteiger partial charge in [-0.25, -0.2) is 4.98 Å². The van der Waals surface area contributed by atoms with Gasteiger partial charge in [0.15, 0.2) is 5.16 Å². The maximum atomic E-state index is 12.5. The van der Waals surface area contributed by atoms with E-state index in [1.807, 2.05) is 37.4 Å². The van der Waals surface area contributed by atoms with Crippen molar-refractivity contribution in [3.63, 3.8) is 0 Å². The molecule has 0 bridgehead atoms. The summed E-state index contributed by atoms with van der Waals surface area (Å²) in [5.41, 5.74) is 1.97. The smallest absolute Gasteiger partial charge is 0.237 e. The SMILES string of the molecule is CC(C)n1ccnc1S[C@@H](C)C(=O)Nc1ccc(N2CCOCC2)cc1. The number of thioether (sulfide) groups is 1. The van der Waals surface area contributed by atoms with E-state index in [4.69, 9.17) is 4.74 Å². The van der Waals surface area contributed by atoms with Gasteiger partial charge in [-0.3, -0.25) is 4.79 Å². The Labute approximate surface area is 158 Å². The number of carbonyl (C=O) groups excluding carboxylic acids is 1. The van der Waals surface area contributed by atoms with Crippen molar-refractivity contribution in [2.75, 3.05) is 36.5 Å². The van der Waals surface area contributed by atoms with Crippen LogP contribution in [-0.4, -0.2) is 47.0 Å². The van der Waals surface area contributed by atoms with Crippen LogP contribution in [0.4, 0.5) is 11.4 Å². The Bertz CT molecular complexity index is 723. The second-order valence-corrected chi connectivity index (χ2v) is 7.91. The first-order valence-electron chi connectivity index (χ1n) is 8.97. The highest BCUT2D eigenvalue weighted by molar-refractivity contribution is 8.00. The number of hydrogen-bond acceptors (Lipinski definition) is 5. The van der Waals surface area contributed by atoms with Gasteiger partial charge in [0.1, 0.15) is 0 Å². The summed E-state index contributed by atoms with van der Waals surface area (Å²) in [7, 11) is 0. The lowest BCUT2D eigenvalue weighted by molar-refractivity contribution is -0.115. The molecule has 7 heteroatoms. The molecule has 26 heavy (non-hydrogen) atoms. The third kappa shape index (κ3) is 4.59. The van der Waals surface area contributed by atoms with E-state index >= 15 is 0 Å². The van der Waals surface area contributed by atoms with Gasteiger partial charge in [0.2, 0.25) is 5.91 Å². The number of hydrogen-bond donors (Lipinski definition) is 1. The zero-order chi connectivity index (χ0) is 18.5. The average molecular weight is 375 g/mol. The van der Waals surface area contributed by atoms with Gasteiger partial charge < -0.3 is 19.5 Å². The molecule has 2 heterocycles. The molecule has 1 N–H and O–H groups in total. The molecule has 1 aromatic carbocycles. The molecule has 6 nitrogen and oxygen atoms in total. The van der Waals surface area contributed by atoms with Crippen molar-refractivity contribution >= 4 is 29.0 Å². The fraction of sp³-hybridized carbons (Fsp3) is 0.474. The molecule has 1 atom stereocenters. The van der Waals surface area contributed by atoms with E-state index in [1.165, 1.54) is 11.8 Å². The minimum absolute atomic E-state index is 0.0209. The Morgan fingerprint density at radius 1 is 1.19 bits per heavy atom. The Morgan fingerprint density at radius 3 is 2.54 bits per heavy atom. The first-order chi connectivity index (χ1) is 12.5. The van der Waals surface area contributed by atoms with E-state index in [9.17, 15) is 4.79 Å². The van der Waals surface area contributed by atoms with Crippen LogP contribution in [0, 0.1) is 0 Å². The quantitative estimate of drug-likeness (QED) is 0.785. The number of imidazole rings is 1. The van der Waals surface area contributed by atoms with Gasteiger partial charge in [-0.1, -0.05) is 11.8 Å². The van der Waals surface area contributed by atoms with E-state index in [-0.39, 0.29) is 11.2 Å². The Kier molecular flexibility index (Phi) is 6.21. The predicted octanol–water partition coefficient (Wildman–Crippen LogP) is 3.42. The molecule has 2 aromatic rings. The predicted molar refractivity (Wildman–Crippen MR) is 106 cm³/mol. The first-order valence-corrected chi connectivity index (χ1v) is 9.85. The number of nitrogens with one attached hydrogen (secondary N) is 1. The molecule has 0 unspecified atom stereocenters. The van der Waals surface area contributed by atoms with Gasteiger partial charge in [-0.2, -0.15) is 0 Å². The van der Waals surface area contributed by atoms with Crippen molar-refractivity contribution in [3.8, 4) is 0 Å². The maximum absolute atomic E-state index is 12.5. The molecule has 1 saturated heterocycles. The molecule has 0 radical (unpaired) electrons. The van der Waals surface area contributed by atoms with Gasteiger partial charge in [0, 0.05) is 42.9 Å². The van der Waals surface area contributed by atoms with Crippen molar-refractivity contribution in [1.29, 1.82) is 0 Å². The van der Waals surface area contributed by atoms with E-state index < -0.39 is 0 Å². The normalized spacial score (nSPS) is 15.9. The van der Waals surface area contributed by atoms with Crippen LogP contribution in [0.25, 0.3) is 0 Å². The largest absolute Gasteiger partial charge is 0.378 e. The maximum Gasteiger partial charge on any atom is 0.237 e. The third-order valence-corrected chi connectivity index (χ3v) is 5.45. The third-order valence-electron chi connectivity index (χ3n) is 4.35. The second-order valence-electron chi connectivity index (χ2n) is 6.61. The molecule has 140 valence electrons. The molecule has 1 amide bonds. The van der Waals surface area contributed by atoms with E-state index in [0.29, 0.717) is 6.04 Å². The number of rotatable bonds is 6. The molecule has 3 rings (SSSR count). The van der Waals surface area contributed by atoms with E-state index in [1.54, 1.807) is 6.20 Å². The summed E-state index contributed by atoms with van der Waals surface area (Å²) in [6.07, 6.45) is 3.72. The van der Waals surface area contributed by atoms with E-state index in [0.717, 1.165) is 42.8 Å². The Morgan fingerprint density at radius 2 is 1.88 bits per heavy atom. The van der Waals surface area contributed by atoms with Crippen LogP contribution in [0.1, 0.15) is 26.8 Å². The zero-order valence-electron chi connectivity index (χ0n) is 15.5. The molecule has 1 aliphatic rings. The summed E-state index contributed by atoms with van der Waals surface area (Å²) in [6, 6.07) is 8.32. The highest BCUT2D eigenvalue weighted by atomic mass is 32.2. The molecule has 1 fully saturated rings. The van der Waals surface area contributed by atoms with Crippen molar-refractivity contribution in [3.05, 3.63) is 36.7 Å². The highest BCUT2D eigenvalue weighted by Crippen LogP contribution is 2.25. The molecule has 1 aromatic heterocycles. The summed E-state index contributed by atoms with van der Waals surface area (Å²) >= 11 is 1.48. The molecular weight excluding hydrogens is 348 g/mol. The van der Waals surface area contributed by atoms with Gasteiger partial charge in [0.05, 0.1) is 18.5 Å². The fourth-order valence-corrected chi connectivity index (χ4v) is 3.81. The average Bonchev–Trinajstić information content (AvgIpc) is 3.11. The summed E-state index contributed by atoms with van der Waals surface area (Å²) in [6.45, 7) is 9.45. The molecule has 0 aliphatic carbocycles. The number of morpholine rings is 1. The van der Waals surface area contributed by atoms with Crippen LogP contribution in [0.5, 0.6) is 0 Å². The minimum atomic E-state index is -0.228. The number of anilines is 2. The van der Waals surface area contributed by atoms with Gasteiger partial charge in [-0.15, -0.1) is 0 Å². The number of amides is 1. The lowest BCUT2D eigenvalue weighted by atomic mass is 10.2.